The van der Waals surface area contributed by atoms with Gasteiger partial charge in [0, 0.05) is 23.4 Å². The number of carboxylic acid groups (broad SMARTS) is 1. The van der Waals surface area contributed by atoms with E-state index in [4.69, 9.17) is 4.74 Å². The second-order valence-electron chi connectivity index (χ2n) is 8.43. The Morgan fingerprint density at radius 3 is 2.00 bits per heavy atom. The molecule has 0 bridgehead atoms. The summed E-state index contributed by atoms with van der Waals surface area (Å²) in [4.78, 5) is 14.9. The fraction of sp³-hybridized carbons (Fsp3) is 0.269. The van der Waals surface area contributed by atoms with Gasteiger partial charge in [-0.05, 0) is 52.9 Å². The molecule has 4 rings (SSSR count). The second-order valence-corrected chi connectivity index (χ2v) is 9.30. The third-order valence-electron chi connectivity index (χ3n) is 6.37. The van der Waals surface area contributed by atoms with Crippen molar-refractivity contribution in [1.82, 2.24) is 4.90 Å². The van der Waals surface area contributed by atoms with Crippen LogP contribution < -0.4 is 9.64 Å². The van der Waals surface area contributed by atoms with E-state index in [1.165, 1.54) is 9.80 Å². The predicted octanol–water partition coefficient (Wildman–Crippen LogP) is 2.85. The van der Waals surface area contributed by atoms with Crippen molar-refractivity contribution in [3.63, 3.8) is 0 Å². The van der Waals surface area contributed by atoms with Gasteiger partial charge in [0.05, 0.1) is 13.0 Å². The van der Waals surface area contributed by atoms with Crippen LogP contribution in [0.3, 0.4) is 0 Å². The van der Waals surface area contributed by atoms with E-state index in [0.29, 0.717) is 16.8 Å². The molecule has 1 heterocycles. The number of carbonyl (C=O) groups is 1. The average Bonchev–Trinajstić information content (AvgIpc) is 3.13. The topological polar surface area (TPSA) is 134 Å². The van der Waals surface area contributed by atoms with Gasteiger partial charge in [0.2, 0.25) is 0 Å². The van der Waals surface area contributed by atoms with Gasteiger partial charge in [-0.25, -0.2) is 9.69 Å². The maximum absolute atomic E-state index is 12.2. The maximum atomic E-state index is 12.2. The minimum absolute atomic E-state index is 0.0277. The molecule has 36 heavy (non-hydrogen) atoms. The van der Waals surface area contributed by atoms with Gasteiger partial charge in [0.15, 0.2) is 0 Å². The molecule has 0 fully saturated rings. The van der Waals surface area contributed by atoms with Crippen LogP contribution in [0.5, 0.6) is 5.75 Å². The number of hydrogen-bond donors (Lipinski definition) is 3. The van der Waals surface area contributed by atoms with E-state index in [0.717, 1.165) is 16.9 Å². The van der Waals surface area contributed by atoms with Gasteiger partial charge in [-0.1, -0.05) is 48.5 Å². The molecule has 0 aromatic heterocycles. The van der Waals surface area contributed by atoms with Crippen molar-refractivity contribution in [3.05, 3.63) is 83.9 Å². The predicted molar refractivity (Wildman–Crippen MR) is 134 cm³/mol. The normalized spacial score (nSPS) is 18.9. The summed E-state index contributed by atoms with van der Waals surface area (Å²) in [5, 5.41) is 31.2. The molecule has 4 unspecified atom stereocenters. The van der Waals surface area contributed by atoms with Crippen LogP contribution in [0.1, 0.15) is 30.0 Å². The smallest absolute Gasteiger partial charge is 0.326 e. The number of hydrogen-bond acceptors (Lipinski definition) is 8. The maximum Gasteiger partial charge on any atom is 0.326 e. The molecule has 3 aromatic carbocycles. The Bertz CT molecular complexity index is 1190. The van der Waals surface area contributed by atoms with Gasteiger partial charge < -0.3 is 29.5 Å². The third-order valence-corrected chi connectivity index (χ3v) is 6.86. The number of ether oxygens (including phenoxy) is 1. The van der Waals surface area contributed by atoms with Gasteiger partial charge in [-0.15, -0.1) is 0 Å². The van der Waals surface area contributed by atoms with Crippen molar-refractivity contribution in [2.75, 3.05) is 24.4 Å². The Labute approximate surface area is 211 Å². The van der Waals surface area contributed by atoms with Gasteiger partial charge in [-0.2, -0.15) is 0 Å². The van der Waals surface area contributed by atoms with E-state index in [-0.39, 0.29) is 13.0 Å². The van der Waals surface area contributed by atoms with Crippen molar-refractivity contribution in [3.8, 4) is 16.9 Å². The Kier molecular flexibility index (Phi) is 8.02. The summed E-state index contributed by atoms with van der Waals surface area (Å²) in [5.74, 6) is -1.01. The molecule has 3 aromatic rings. The molecule has 190 valence electrons. The zero-order valence-electron chi connectivity index (χ0n) is 19.6. The number of carboxylic acids is 1. The fourth-order valence-electron chi connectivity index (χ4n) is 4.49. The molecule has 0 saturated heterocycles. The highest BCUT2D eigenvalue weighted by molar-refractivity contribution is 7.79. The van der Waals surface area contributed by atoms with Gasteiger partial charge >= 0.3 is 5.97 Å². The van der Waals surface area contributed by atoms with Crippen molar-refractivity contribution >= 4 is 22.7 Å². The third kappa shape index (κ3) is 5.43. The molecule has 1 aliphatic rings. The summed E-state index contributed by atoms with van der Waals surface area (Å²) in [6.07, 6.45) is -2.21. The first-order valence-corrected chi connectivity index (χ1v) is 12.5. The number of anilines is 1. The first-order chi connectivity index (χ1) is 17.3. The number of aliphatic hydroxyl groups is 2. The second kappa shape index (κ2) is 11.2. The summed E-state index contributed by atoms with van der Waals surface area (Å²) >= 11 is -2.54. The SMILES string of the molecule is COc1ccc(-c2ccc(N(CS(=O)[O-])C(CCN3C(O)c4ccccc4C3O)C(=O)O)cc2)cc1. The first-order valence-electron chi connectivity index (χ1n) is 11.3. The fourth-order valence-corrected chi connectivity index (χ4v) is 5.04. The van der Waals surface area contributed by atoms with Crippen LogP contribution >= 0.6 is 0 Å². The number of aliphatic hydroxyl groups excluding tert-OH is 2. The van der Waals surface area contributed by atoms with Gasteiger partial charge in [0.25, 0.3) is 0 Å². The molecule has 0 spiro atoms. The van der Waals surface area contributed by atoms with E-state index in [1.807, 2.05) is 24.3 Å². The molecular formula is C26H27N2O7S-. The monoisotopic (exact) mass is 511 g/mol. The first kappa shape index (κ1) is 25.8. The Morgan fingerprint density at radius 1 is 1.00 bits per heavy atom. The summed E-state index contributed by atoms with van der Waals surface area (Å²) in [7, 11) is 1.58. The van der Waals surface area contributed by atoms with Crippen LogP contribution in [-0.4, -0.2) is 60.5 Å². The molecule has 0 amide bonds. The van der Waals surface area contributed by atoms with Crippen LogP contribution in [0, 0.1) is 0 Å². The van der Waals surface area contributed by atoms with E-state index in [9.17, 15) is 28.9 Å². The summed E-state index contributed by atoms with van der Waals surface area (Å²) in [5.41, 5.74) is 3.34. The van der Waals surface area contributed by atoms with Gasteiger partial charge in [0.1, 0.15) is 24.2 Å². The molecule has 0 radical (unpaired) electrons. The molecule has 10 heteroatoms. The molecule has 4 atom stereocenters. The van der Waals surface area contributed by atoms with Crippen molar-refractivity contribution in [1.29, 1.82) is 0 Å². The van der Waals surface area contributed by atoms with Crippen LogP contribution in [0.2, 0.25) is 0 Å². The quantitative estimate of drug-likeness (QED) is 0.351. The zero-order valence-corrected chi connectivity index (χ0v) is 20.4. The minimum Gasteiger partial charge on any atom is -0.771 e. The zero-order chi connectivity index (χ0) is 25.8. The molecule has 3 N–H and O–H groups in total. The van der Waals surface area contributed by atoms with E-state index >= 15 is 0 Å². The number of benzene rings is 3. The number of rotatable bonds is 10. The molecule has 0 saturated carbocycles. The van der Waals surface area contributed by atoms with E-state index < -0.39 is 41.4 Å². The lowest BCUT2D eigenvalue weighted by atomic mass is 10.0. The number of fused-ring (bicyclic) bond motifs is 1. The van der Waals surface area contributed by atoms with Crippen molar-refractivity contribution in [2.45, 2.75) is 24.9 Å². The standard InChI is InChI=1S/C26H28N2O7S/c1-35-20-12-8-18(9-13-20)17-6-10-19(11-7-17)28(16-36(33)34)23(26(31)32)14-15-27-24(29)21-4-2-3-5-22(21)25(27)30/h2-13,23-25,29-30H,14-16H2,1H3,(H,31,32)(H,33,34)/p-1. The molecule has 1 aliphatic heterocycles. The average molecular weight is 512 g/mol. The summed E-state index contributed by atoms with van der Waals surface area (Å²) < 4.78 is 28.4. The number of methoxy groups -OCH3 is 1. The Hall–Kier alpha value is -3.28. The summed E-state index contributed by atoms with van der Waals surface area (Å²) in [6, 6.07) is 20.1. The number of aliphatic carboxylic acids is 1. The number of nitrogens with zero attached hydrogens (tertiary/aromatic N) is 2. The van der Waals surface area contributed by atoms with Gasteiger partial charge in [-0.3, -0.25) is 4.21 Å². The molecule has 0 aliphatic carbocycles. The Morgan fingerprint density at radius 2 is 1.53 bits per heavy atom. The minimum atomic E-state index is -2.54. The van der Waals surface area contributed by atoms with E-state index in [2.05, 4.69) is 0 Å². The van der Waals surface area contributed by atoms with E-state index in [1.54, 1.807) is 55.6 Å². The largest absolute Gasteiger partial charge is 0.771 e. The Balaban J connectivity index is 1.54. The molecular weight excluding hydrogens is 484 g/mol. The highest BCUT2D eigenvalue weighted by Gasteiger charge is 2.37. The lowest BCUT2D eigenvalue weighted by molar-refractivity contribution is -0.139. The summed E-state index contributed by atoms with van der Waals surface area (Å²) in [6.45, 7) is 0.0277. The lowest BCUT2D eigenvalue weighted by Gasteiger charge is -2.33. The van der Waals surface area contributed by atoms with Crippen LogP contribution in [-0.2, 0) is 15.9 Å². The van der Waals surface area contributed by atoms with Crippen molar-refractivity contribution in [2.24, 2.45) is 0 Å². The highest BCUT2D eigenvalue weighted by atomic mass is 32.2. The highest BCUT2D eigenvalue weighted by Crippen LogP contribution is 2.39. The van der Waals surface area contributed by atoms with Crippen molar-refractivity contribution < 1.29 is 33.6 Å². The van der Waals surface area contributed by atoms with Crippen LogP contribution in [0.4, 0.5) is 5.69 Å². The molecule has 9 nitrogen and oxygen atoms in total. The van der Waals surface area contributed by atoms with Crippen LogP contribution in [0.15, 0.2) is 72.8 Å². The lowest BCUT2D eigenvalue weighted by Crippen LogP contribution is -2.45. The van der Waals surface area contributed by atoms with Crippen LogP contribution in [0.25, 0.3) is 11.1 Å².